The molecule has 5 heteroatoms. The molecule has 0 amide bonds. The van der Waals surface area contributed by atoms with Crippen LogP contribution in [0, 0.1) is 11.3 Å². The van der Waals surface area contributed by atoms with Crippen LogP contribution in [0.15, 0.2) is 11.6 Å². The number of rotatable bonds is 3. The fourth-order valence-electron chi connectivity index (χ4n) is 3.68. The smallest absolute Gasteiger partial charge is 0.175 e. The Morgan fingerprint density at radius 3 is 3.12 bits per heavy atom. The van der Waals surface area contributed by atoms with Gasteiger partial charge in [-0.2, -0.15) is 5.21 Å². The van der Waals surface area contributed by atoms with Crippen molar-refractivity contribution in [2.45, 2.75) is 38.5 Å². The maximum absolute atomic E-state index is 6.12. The van der Waals surface area contributed by atoms with Gasteiger partial charge in [-0.1, -0.05) is 16.9 Å². The summed E-state index contributed by atoms with van der Waals surface area (Å²) in [5.74, 6) is 1.51. The van der Waals surface area contributed by atoms with Crippen LogP contribution in [0.4, 0.5) is 0 Å². The van der Waals surface area contributed by atoms with Crippen LogP contribution in [0.2, 0.25) is 0 Å². The number of aromatic nitrogens is 4. The second-order valence-corrected chi connectivity index (χ2v) is 5.26. The van der Waals surface area contributed by atoms with Crippen molar-refractivity contribution in [2.75, 3.05) is 6.54 Å². The lowest BCUT2D eigenvalue weighted by Crippen LogP contribution is -2.45. The van der Waals surface area contributed by atoms with E-state index in [-0.39, 0.29) is 5.41 Å². The number of tetrazole rings is 1. The van der Waals surface area contributed by atoms with Crippen LogP contribution in [0.5, 0.6) is 0 Å². The first-order chi connectivity index (χ1) is 8.35. The Hall–Kier alpha value is -1.23. The standard InChI is InChI=1S/C12H19N5/c13-8-12(7-11-14-16-17-15-11)9-3-1-4-10(12)6-2-5-9/h3,10H,1-2,4-8,13H2,(H,14,15,16,17)/t10-,12?/m1/s1. The van der Waals surface area contributed by atoms with Crippen LogP contribution < -0.4 is 5.73 Å². The number of aromatic amines is 1. The Bertz CT molecular complexity index is 411. The zero-order valence-electron chi connectivity index (χ0n) is 10.0. The average Bonchev–Trinajstić information content (AvgIpc) is 2.81. The van der Waals surface area contributed by atoms with Crippen LogP contribution in [0.3, 0.4) is 0 Å². The van der Waals surface area contributed by atoms with E-state index in [2.05, 4.69) is 26.7 Å². The second kappa shape index (κ2) is 4.22. The molecule has 0 aliphatic heterocycles. The summed E-state index contributed by atoms with van der Waals surface area (Å²) in [6.45, 7) is 0.706. The predicted molar refractivity (Wildman–Crippen MR) is 64.0 cm³/mol. The Morgan fingerprint density at radius 2 is 2.41 bits per heavy atom. The Morgan fingerprint density at radius 1 is 1.47 bits per heavy atom. The molecule has 1 unspecified atom stereocenters. The lowest BCUT2D eigenvalue weighted by molar-refractivity contribution is 0.143. The van der Waals surface area contributed by atoms with Crippen molar-refractivity contribution >= 4 is 0 Å². The van der Waals surface area contributed by atoms with Crippen molar-refractivity contribution in [3.63, 3.8) is 0 Å². The van der Waals surface area contributed by atoms with Gasteiger partial charge in [0.15, 0.2) is 5.82 Å². The minimum absolute atomic E-state index is 0.111. The predicted octanol–water partition coefficient (Wildman–Crippen LogP) is 1.21. The quantitative estimate of drug-likeness (QED) is 0.769. The molecule has 1 saturated carbocycles. The molecule has 2 aliphatic rings. The van der Waals surface area contributed by atoms with Crippen molar-refractivity contribution < 1.29 is 0 Å². The molecule has 92 valence electrons. The lowest BCUT2D eigenvalue weighted by Gasteiger charge is -2.48. The molecule has 0 saturated heterocycles. The first kappa shape index (κ1) is 10.9. The molecule has 1 heterocycles. The van der Waals surface area contributed by atoms with E-state index < -0.39 is 0 Å². The molecule has 5 nitrogen and oxygen atoms in total. The van der Waals surface area contributed by atoms with E-state index in [1.807, 2.05) is 0 Å². The molecular weight excluding hydrogens is 214 g/mol. The maximum Gasteiger partial charge on any atom is 0.175 e. The highest BCUT2D eigenvalue weighted by atomic mass is 15.5. The topological polar surface area (TPSA) is 80.5 Å². The number of H-pyrrole nitrogens is 1. The number of hydrogen-bond acceptors (Lipinski definition) is 4. The average molecular weight is 233 g/mol. The van der Waals surface area contributed by atoms with Gasteiger partial charge in [-0.15, -0.1) is 10.2 Å². The summed E-state index contributed by atoms with van der Waals surface area (Å²) < 4.78 is 0. The number of hydrogen-bond donors (Lipinski definition) is 2. The van der Waals surface area contributed by atoms with Crippen LogP contribution >= 0.6 is 0 Å². The Labute approximate surface area is 101 Å². The summed E-state index contributed by atoms with van der Waals surface area (Å²) in [5.41, 5.74) is 7.78. The molecule has 0 aromatic carbocycles. The van der Waals surface area contributed by atoms with Gasteiger partial charge < -0.3 is 5.73 Å². The van der Waals surface area contributed by atoms with Gasteiger partial charge in [0.25, 0.3) is 0 Å². The van der Waals surface area contributed by atoms with Crippen LogP contribution in [-0.2, 0) is 6.42 Å². The van der Waals surface area contributed by atoms with Crippen LogP contribution in [-0.4, -0.2) is 27.2 Å². The van der Waals surface area contributed by atoms with Crippen molar-refractivity contribution in [3.05, 3.63) is 17.5 Å². The molecule has 2 bridgehead atoms. The molecule has 0 spiro atoms. The molecular formula is C12H19N5. The summed E-state index contributed by atoms with van der Waals surface area (Å²) in [4.78, 5) is 0. The van der Waals surface area contributed by atoms with E-state index in [0.29, 0.717) is 12.5 Å². The molecule has 2 aliphatic carbocycles. The molecule has 3 N–H and O–H groups in total. The minimum atomic E-state index is 0.111. The highest BCUT2D eigenvalue weighted by molar-refractivity contribution is 5.24. The van der Waals surface area contributed by atoms with Crippen LogP contribution in [0.1, 0.15) is 37.9 Å². The summed E-state index contributed by atoms with van der Waals surface area (Å²) in [6.07, 6.45) is 9.54. The van der Waals surface area contributed by atoms with Gasteiger partial charge in [-0.25, -0.2) is 0 Å². The zero-order valence-corrected chi connectivity index (χ0v) is 10.0. The normalized spacial score (nSPS) is 32.3. The third-order valence-electron chi connectivity index (χ3n) is 4.55. The Balaban J connectivity index is 1.95. The van der Waals surface area contributed by atoms with Gasteiger partial charge in [-0.05, 0) is 38.0 Å². The van der Waals surface area contributed by atoms with Gasteiger partial charge in [-0.3, -0.25) is 0 Å². The molecule has 17 heavy (non-hydrogen) atoms. The number of nitrogens with one attached hydrogen (secondary N) is 1. The molecule has 1 aromatic heterocycles. The molecule has 3 rings (SSSR count). The fourth-order valence-corrected chi connectivity index (χ4v) is 3.68. The van der Waals surface area contributed by atoms with Crippen LogP contribution in [0.25, 0.3) is 0 Å². The number of allylic oxidation sites excluding steroid dienone is 1. The summed E-state index contributed by atoms with van der Waals surface area (Å²) >= 11 is 0. The molecule has 2 atom stereocenters. The lowest BCUT2D eigenvalue weighted by atomic mass is 9.57. The monoisotopic (exact) mass is 233 g/mol. The molecule has 1 fully saturated rings. The van der Waals surface area contributed by atoms with E-state index in [0.717, 1.165) is 12.2 Å². The minimum Gasteiger partial charge on any atom is -0.330 e. The van der Waals surface area contributed by atoms with E-state index >= 15 is 0 Å². The van der Waals surface area contributed by atoms with Gasteiger partial charge in [0, 0.05) is 18.4 Å². The van der Waals surface area contributed by atoms with Gasteiger partial charge in [0.05, 0.1) is 0 Å². The highest BCUT2D eigenvalue weighted by Crippen LogP contribution is 2.51. The third-order valence-corrected chi connectivity index (χ3v) is 4.55. The first-order valence-corrected chi connectivity index (χ1v) is 6.47. The number of nitrogens with two attached hydrogens (primary N) is 1. The van der Waals surface area contributed by atoms with Crippen molar-refractivity contribution in [1.29, 1.82) is 0 Å². The van der Waals surface area contributed by atoms with Gasteiger partial charge >= 0.3 is 0 Å². The van der Waals surface area contributed by atoms with E-state index in [1.54, 1.807) is 5.57 Å². The third kappa shape index (κ3) is 1.69. The summed E-state index contributed by atoms with van der Waals surface area (Å²) in [5, 5.41) is 14.4. The van der Waals surface area contributed by atoms with Crippen molar-refractivity contribution in [3.8, 4) is 0 Å². The van der Waals surface area contributed by atoms with Crippen molar-refractivity contribution in [2.24, 2.45) is 17.1 Å². The highest BCUT2D eigenvalue weighted by Gasteiger charge is 2.45. The fraction of sp³-hybridized carbons (Fsp3) is 0.750. The van der Waals surface area contributed by atoms with E-state index in [9.17, 15) is 0 Å². The Kier molecular flexibility index (Phi) is 2.70. The van der Waals surface area contributed by atoms with Gasteiger partial charge in [0.1, 0.15) is 0 Å². The van der Waals surface area contributed by atoms with Crippen molar-refractivity contribution in [1.82, 2.24) is 20.6 Å². The maximum atomic E-state index is 6.12. The number of nitrogens with zero attached hydrogens (tertiary/aromatic N) is 3. The summed E-state index contributed by atoms with van der Waals surface area (Å²) in [6, 6.07) is 0. The van der Waals surface area contributed by atoms with E-state index in [1.165, 1.54) is 32.1 Å². The van der Waals surface area contributed by atoms with Gasteiger partial charge in [0.2, 0.25) is 0 Å². The summed E-state index contributed by atoms with van der Waals surface area (Å²) in [7, 11) is 0. The second-order valence-electron chi connectivity index (χ2n) is 5.26. The molecule has 1 aromatic rings. The first-order valence-electron chi connectivity index (χ1n) is 6.47. The number of fused-ring (bicyclic) bond motifs is 2. The molecule has 0 radical (unpaired) electrons. The SMILES string of the molecule is NCC1(Cc2nn[nH]n2)C2=CCC[C@@H]1CCC2. The van der Waals surface area contributed by atoms with E-state index in [4.69, 9.17) is 5.73 Å². The zero-order chi connectivity index (χ0) is 11.7. The largest absolute Gasteiger partial charge is 0.330 e.